The first-order valence-electron chi connectivity index (χ1n) is 26.4. The molecule has 362 valence electrons. The number of aromatic nitrogens is 5. The zero-order chi connectivity index (χ0) is 51.4. The van der Waals surface area contributed by atoms with Crippen LogP contribution in [-0.4, -0.2) is 23.3 Å². The number of hydrogen-bond donors (Lipinski definition) is 0. The van der Waals surface area contributed by atoms with E-state index in [2.05, 4.69) is 284 Å². The van der Waals surface area contributed by atoms with Crippen LogP contribution >= 0.6 is 0 Å². The molecule has 6 nitrogen and oxygen atoms in total. The van der Waals surface area contributed by atoms with Crippen LogP contribution in [0, 0.1) is 11.3 Å². The Kier molecular flexibility index (Phi) is 9.60. The highest BCUT2D eigenvalue weighted by molar-refractivity contribution is 6.18. The molecule has 5 aromatic heterocycles. The van der Waals surface area contributed by atoms with Crippen molar-refractivity contribution in [3.05, 3.63) is 273 Å². The van der Waals surface area contributed by atoms with Gasteiger partial charge in [0.05, 0.1) is 72.4 Å². The fourth-order valence-electron chi connectivity index (χ4n) is 12.8. The second-order valence-corrected chi connectivity index (χ2v) is 20.1. The average molecular weight is 993 g/mol. The normalized spacial score (nSPS) is 11.8. The van der Waals surface area contributed by atoms with Crippen LogP contribution in [0.3, 0.4) is 0 Å². The van der Waals surface area contributed by atoms with E-state index < -0.39 is 0 Å². The average Bonchev–Trinajstić information content (AvgIpc) is 4.40. The predicted molar refractivity (Wildman–Crippen MR) is 323 cm³/mol. The van der Waals surface area contributed by atoms with Crippen molar-refractivity contribution in [2.75, 3.05) is 0 Å². The quantitative estimate of drug-likeness (QED) is 0.160. The maximum absolute atomic E-state index is 12.7. The number of para-hydroxylation sites is 6. The molecule has 16 aromatic rings. The third-order valence-corrected chi connectivity index (χ3v) is 16.1. The van der Waals surface area contributed by atoms with Gasteiger partial charge < -0.3 is 18.3 Å². The molecule has 0 aliphatic rings. The van der Waals surface area contributed by atoms with Crippen LogP contribution in [0.2, 0.25) is 0 Å². The molecule has 0 fully saturated rings. The Hall–Kier alpha value is -10.7. The second-order valence-electron chi connectivity index (χ2n) is 20.1. The Morgan fingerprint density at radius 2 is 0.564 bits per heavy atom. The Morgan fingerprint density at radius 1 is 0.256 bits per heavy atom. The summed E-state index contributed by atoms with van der Waals surface area (Å²) >= 11 is 0. The van der Waals surface area contributed by atoms with E-state index in [1.54, 1.807) is 0 Å². The number of hydrogen-bond acceptors (Lipinski definition) is 2. The summed E-state index contributed by atoms with van der Waals surface area (Å²) in [5, 5.41) is 21.5. The van der Waals surface area contributed by atoms with Crippen molar-refractivity contribution in [1.82, 2.24) is 23.3 Å². The first kappa shape index (κ1) is 43.6. The fourth-order valence-corrected chi connectivity index (χ4v) is 12.8. The van der Waals surface area contributed by atoms with Gasteiger partial charge in [-0.05, 0) is 101 Å². The van der Waals surface area contributed by atoms with Gasteiger partial charge in [0.1, 0.15) is 6.07 Å². The van der Waals surface area contributed by atoms with Gasteiger partial charge in [-0.25, -0.2) is 0 Å². The van der Waals surface area contributed by atoms with E-state index in [1.165, 1.54) is 0 Å². The molecule has 0 radical (unpaired) electrons. The van der Waals surface area contributed by atoms with Crippen molar-refractivity contribution < 1.29 is 0 Å². The minimum absolute atomic E-state index is 0.530. The Labute approximate surface area is 448 Å². The van der Waals surface area contributed by atoms with Gasteiger partial charge in [-0.1, -0.05) is 182 Å². The zero-order valence-electron chi connectivity index (χ0n) is 42.1. The van der Waals surface area contributed by atoms with Crippen molar-refractivity contribution in [3.8, 4) is 62.2 Å². The summed E-state index contributed by atoms with van der Waals surface area (Å²) < 4.78 is 9.80. The molecule has 0 bridgehead atoms. The van der Waals surface area contributed by atoms with Gasteiger partial charge in [0.25, 0.3) is 0 Å². The first-order valence-corrected chi connectivity index (χ1v) is 26.4. The molecule has 11 aromatic carbocycles. The van der Waals surface area contributed by atoms with E-state index in [0.29, 0.717) is 5.56 Å². The Bertz CT molecular complexity index is 5040. The van der Waals surface area contributed by atoms with Gasteiger partial charge in [0, 0.05) is 61.0 Å². The van der Waals surface area contributed by atoms with Crippen molar-refractivity contribution >= 4 is 87.2 Å². The molecule has 0 aliphatic heterocycles. The van der Waals surface area contributed by atoms with E-state index in [1.807, 2.05) is 12.4 Å². The van der Waals surface area contributed by atoms with Gasteiger partial charge in [-0.3, -0.25) is 4.98 Å². The predicted octanol–water partition coefficient (Wildman–Crippen LogP) is 18.3. The molecule has 6 heteroatoms. The van der Waals surface area contributed by atoms with Crippen LogP contribution < -0.4 is 0 Å². The lowest BCUT2D eigenvalue weighted by atomic mass is 9.93. The smallest absolute Gasteiger partial charge is 0.102 e. The number of nitrogens with zero attached hydrogens (tertiary/aromatic N) is 6. The van der Waals surface area contributed by atoms with Crippen LogP contribution in [0.5, 0.6) is 0 Å². The second kappa shape index (κ2) is 17.2. The third kappa shape index (κ3) is 6.27. The van der Waals surface area contributed by atoms with Crippen molar-refractivity contribution in [3.63, 3.8) is 0 Å². The monoisotopic (exact) mass is 992 g/mol. The first-order chi connectivity index (χ1) is 38.7. The summed E-state index contributed by atoms with van der Waals surface area (Å²) in [7, 11) is 0. The molecule has 0 unspecified atom stereocenters. The number of benzene rings is 11. The topological polar surface area (TPSA) is 56.4 Å². The van der Waals surface area contributed by atoms with Crippen LogP contribution in [-0.2, 0) is 0 Å². The molecule has 0 amide bonds. The highest BCUT2D eigenvalue weighted by Gasteiger charge is 2.35. The van der Waals surface area contributed by atoms with Crippen LogP contribution in [0.1, 0.15) is 5.56 Å². The fraction of sp³-hybridized carbons (Fsp3) is 0. The number of fused-ring (bicyclic) bond motifs is 12. The summed E-state index contributed by atoms with van der Waals surface area (Å²) in [4.78, 5) is 4.61. The van der Waals surface area contributed by atoms with Crippen LogP contribution in [0.15, 0.2) is 267 Å². The largest absolute Gasteiger partial charge is 0.306 e. The molecular formula is C72H44N6. The molecule has 0 saturated carbocycles. The molecule has 0 atom stereocenters. The number of pyridine rings is 1. The van der Waals surface area contributed by atoms with E-state index >= 15 is 0 Å². The third-order valence-electron chi connectivity index (χ3n) is 16.1. The zero-order valence-corrected chi connectivity index (χ0v) is 42.1. The van der Waals surface area contributed by atoms with E-state index in [0.717, 1.165) is 143 Å². The highest BCUT2D eigenvalue weighted by atomic mass is 15.1. The van der Waals surface area contributed by atoms with Gasteiger partial charge in [-0.2, -0.15) is 5.26 Å². The summed E-state index contributed by atoms with van der Waals surface area (Å²) in [6, 6.07) is 94.5. The summed E-state index contributed by atoms with van der Waals surface area (Å²) in [5.41, 5.74) is 18.3. The summed E-state index contributed by atoms with van der Waals surface area (Å²) in [6.07, 6.45) is 3.70. The van der Waals surface area contributed by atoms with Gasteiger partial charge in [0.2, 0.25) is 0 Å². The molecular weight excluding hydrogens is 949 g/mol. The maximum Gasteiger partial charge on any atom is 0.102 e. The highest BCUT2D eigenvalue weighted by Crippen LogP contribution is 2.52. The summed E-state index contributed by atoms with van der Waals surface area (Å²) in [6.45, 7) is 0. The molecule has 78 heavy (non-hydrogen) atoms. The lowest BCUT2D eigenvalue weighted by Crippen LogP contribution is -2.16. The number of nitriles is 1. The minimum atomic E-state index is 0.530. The molecule has 0 N–H and O–H groups in total. The maximum atomic E-state index is 12.7. The minimum Gasteiger partial charge on any atom is -0.306 e. The standard InChI is InChI=1S/C72H44N6/c73-45-59-68(48-39-41-74-42-40-48)70(76-62-31-15-9-25-53(62)54-26-10-16-32-63(54)76)72(78-65-34-18-12-28-56(65)58-44-50(36-38-67(58)78)47-21-5-2-6-22-47)71(69(59)75-60-29-13-7-23-51(60)52-24-8-14-30-61(52)75)77-64-33-17-11-27-55(64)57-43-49(35-37-66(57)77)46-19-3-1-4-20-46/h1-44H. The van der Waals surface area contributed by atoms with Crippen LogP contribution in [0.4, 0.5) is 0 Å². The molecule has 0 spiro atoms. The number of rotatable bonds is 7. The SMILES string of the molecule is N#Cc1c(-c2ccncc2)c(-n2c3ccccc3c3ccccc32)c(-n2c3ccccc3c3cc(-c4ccccc4)ccc32)c(-n2c3ccccc3c3cc(-c4ccccc4)ccc32)c1-n1c2ccccc2c2ccccc21. The Balaban J connectivity index is 1.23. The van der Waals surface area contributed by atoms with E-state index in [-0.39, 0.29) is 0 Å². The Morgan fingerprint density at radius 3 is 0.949 bits per heavy atom. The van der Waals surface area contributed by atoms with Gasteiger partial charge in [0.15, 0.2) is 0 Å². The molecule has 5 heterocycles. The summed E-state index contributed by atoms with van der Waals surface area (Å²) in [5.74, 6) is 0. The van der Waals surface area contributed by atoms with Gasteiger partial charge >= 0.3 is 0 Å². The van der Waals surface area contributed by atoms with Crippen molar-refractivity contribution in [2.24, 2.45) is 0 Å². The van der Waals surface area contributed by atoms with E-state index in [9.17, 15) is 5.26 Å². The lowest BCUT2D eigenvalue weighted by molar-refractivity contribution is 1.02. The van der Waals surface area contributed by atoms with Crippen molar-refractivity contribution in [1.29, 1.82) is 5.26 Å². The molecule has 0 aliphatic carbocycles. The van der Waals surface area contributed by atoms with Crippen molar-refractivity contribution in [2.45, 2.75) is 0 Å². The van der Waals surface area contributed by atoms with E-state index in [4.69, 9.17) is 0 Å². The lowest BCUT2D eigenvalue weighted by Gasteiger charge is -2.29. The van der Waals surface area contributed by atoms with Crippen LogP contribution in [0.25, 0.3) is 143 Å². The molecule has 16 rings (SSSR count). The van der Waals surface area contributed by atoms with Gasteiger partial charge in [-0.15, -0.1) is 0 Å². The molecule has 0 saturated heterocycles.